The highest BCUT2D eigenvalue weighted by Gasteiger charge is 2.53. The molecule has 2 heterocycles. The Morgan fingerprint density at radius 2 is 1.37 bits per heavy atom. The highest BCUT2D eigenvalue weighted by Crippen LogP contribution is 2.46. The lowest BCUT2D eigenvalue weighted by Gasteiger charge is -2.43. The minimum Gasteiger partial charge on any atom is -0.467 e. The number of hydrogen-bond acceptors (Lipinski definition) is 9. The van der Waals surface area contributed by atoms with Crippen LogP contribution in [0, 0.1) is 0 Å². The summed E-state index contributed by atoms with van der Waals surface area (Å²) in [4.78, 5) is 52.4. The molecule has 3 aromatic rings. The second-order valence-corrected chi connectivity index (χ2v) is 25.9. The summed E-state index contributed by atoms with van der Waals surface area (Å²) in [6.45, 7) is 20.7. The van der Waals surface area contributed by atoms with Crippen LogP contribution in [0.15, 0.2) is 94.5 Å². The molecular formula is C39H56N4O9Si2. The number of rotatable bonds is 14. The fraction of sp³-hybridized carbons (Fsp3) is 0.487. The Labute approximate surface area is 319 Å². The average molecular weight is 781 g/mol. The Morgan fingerprint density at radius 3 is 1.94 bits per heavy atom. The fourth-order valence-electron chi connectivity index (χ4n) is 4.97. The van der Waals surface area contributed by atoms with Crippen molar-refractivity contribution in [2.24, 2.45) is 0 Å². The number of carbonyl (C=O) groups excluding carboxylic acids is 2. The van der Waals surface area contributed by atoms with Crippen molar-refractivity contribution < 1.29 is 32.7 Å². The molecule has 54 heavy (non-hydrogen) atoms. The lowest BCUT2D eigenvalue weighted by atomic mass is 10.2. The Kier molecular flexibility index (Phi) is 13.7. The van der Waals surface area contributed by atoms with Gasteiger partial charge in [-0.25, -0.2) is 14.2 Å². The molecule has 15 heteroatoms. The fourth-order valence-corrected chi connectivity index (χ4v) is 7.49. The molecule has 2 amide bonds. The van der Waals surface area contributed by atoms with E-state index in [1.807, 2.05) is 60.7 Å². The molecule has 2 N–H and O–H groups in total. The molecule has 0 spiro atoms. The van der Waals surface area contributed by atoms with Gasteiger partial charge < -0.3 is 33.7 Å². The third kappa shape index (κ3) is 10.9. The minimum absolute atomic E-state index is 0.0570. The summed E-state index contributed by atoms with van der Waals surface area (Å²) in [7, 11) is -5.12. The molecule has 1 aliphatic heterocycles. The molecule has 0 unspecified atom stereocenters. The van der Waals surface area contributed by atoms with Crippen molar-refractivity contribution in [3.8, 4) is 0 Å². The first-order valence-electron chi connectivity index (χ1n) is 18.1. The first-order valence-corrected chi connectivity index (χ1v) is 23.9. The van der Waals surface area contributed by atoms with Crippen LogP contribution in [-0.2, 0) is 47.8 Å². The van der Waals surface area contributed by atoms with Crippen molar-refractivity contribution in [3.63, 3.8) is 0 Å². The zero-order valence-corrected chi connectivity index (χ0v) is 35.1. The summed E-state index contributed by atoms with van der Waals surface area (Å²) in [5.74, 6) is -0.307. The number of hydrogen-bond donors (Lipinski definition) is 2. The first-order chi connectivity index (χ1) is 25.2. The number of nitrogens with zero attached hydrogens (tertiary/aromatic N) is 2. The van der Waals surface area contributed by atoms with Gasteiger partial charge in [0, 0.05) is 18.5 Å². The van der Waals surface area contributed by atoms with Gasteiger partial charge in [0.1, 0.15) is 37.8 Å². The maximum absolute atomic E-state index is 14.1. The molecule has 2 aromatic carbocycles. The molecule has 0 aliphatic carbocycles. The average Bonchev–Trinajstić information content (AvgIpc) is 3.41. The summed E-state index contributed by atoms with van der Waals surface area (Å²) < 4.78 is 33.9. The van der Waals surface area contributed by atoms with Gasteiger partial charge in [0.15, 0.2) is 16.6 Å². The van der Waals surface area contributed by atoms with Crippen molar-refractivity contribution in [1.29, 1.82) is 0 Å². The third-order valence-corrected chi connectivity index (χ3v) is 19.2. The summed E-state index contributed by atoms with van der Waals surface area (Å²) in [6, 6.07) is 19.9. The number of amides is 2. The van der Waals surface area contributed by atoms with E-state index in [2.05, 4.69) is 78.4 Å². The van der Waals surface area contributed by atoms with E-state index < -0.39 is 58.3 Å². The number of nitrogens with one attached hydrogen (secondary N) is 2. The maximum atomic E-state index is 14.1. The monoisotopic (exact) mass is 780 g/mol. The number of alkyl carbamates (subject to hydrolysis) is 1. The highest BCUT2D eigenvalue weighted by atomic mass is 28.4. The van der Waals surface area contributed by atoms with Gasteiger partial charge in [0.25, 0.3) is 5.56 Å². The Bertz CT molecular complexity index is 1880. The molecule has 4 rings (SSSR count). The Balaban J connectivity index is 1.66. The molecule has 0 radical (unpaired) electrons. The molecule has 0 saturated carbocycles. The van der Waals surface area contributed by atoms with Gasteiger partial charge in [0.2, 0.25) is 12.1 Å². The Hall–Kier alpha value is -4.29. The van der Waals surface area contributed by atoms with Crippen molar-refractivity contribution in [2.75, 3.05) is 6.54 Å². The number of ether oxygens (including phenoxy) is 3. The van der Waals surface area contributed by atoms with E-state index in [-0.39, 0.29) is 42.3 Å². The molecule has 1 fully saturated rings. The summed E-state index contributed by atoms with van der Waals surface area (Å²) in [5.41, 5.74) is 0.520. The zero-order valence-electron chi connectivity index (χ0n) is 33.1. The molecule has 1 aromatic heterocycles. The zero-order chi connectivity index (χ0) is 39.9. The van der Waals surface area contributed by atoms with E-state index in [0.717, 1.165) is 15.7 Å². The molecule has 3 atom stereocenters. The smallest absolute Gasteiger partial charge is 0.407 e. The van der Waals surface area contributed by atoms with Crippen molar-refractivity contribution in [3.05, 3.63) is 117 Å². The third-order valence-electron chi connectivity index (χ3n) is 10.3. The topological polar surface area (TPSA) is 148 Å². The summed E-state index contributed by atoms with van der Waals surface area (Å²) in [5, 5.41) is 4.72. The van der Waals surface area contributed by atoms with Crippen LogP contribution in [0.25, 0.3) is 0 Å². The van der Waals surface area contributed by atoms with Crippen molar-refractivity contribution in [1.82, 2.24) is 19.8 Å². The normalized spacial score (nSPS) is 18.6. The van der Waals surface area contributed by atoms with Gasteiger partial charge in [-0.15, -0.1) is 0 Å². The van der Waals surface area contributed by atoms with E-state index in [1.165, 1.54) is 23.0 Å². The van der Waals surface area contributed by atoms with Crippen LogP contribution in [0.3, 0.4) is 0 Å². The largest absolute Gasteiger partial charge is 0.467 e. The van der Waals surface area contributed by atoms with Crippen LogP contribution in [0.1, 0.15) is 58.9 Å². The second kappa shape index (κ2) is 17.5. The molecule has 13 nitrogen and oxygen atoms in total. The van der Waals surface area contributed by atoms with Crippen LogP contribution >= 0.6 is 0 Å². The van der Waals surface area contributed by atoms with Crippen LogP contribution in [0.5, 0.6) is 0 Å². The first kappa shape index (κ1) is 42.5. The number of aromatic nitrogens is 2. The molecular weight excluding hydrogens is 725 g/mol. The molecule has 0 bridgehead atoms. The van der Waals surface area contributed by atoms with Crippen molar-refractivity contribution >= 4 is 28.6 Å². The standard InChI is InChI=1S/C39H56N4O9Si2/c1-38(2,3)53(7,8)51-33-30(23-40-31(44)24-41-36(46)49-26-29-19-15-12-16-20-29)50-35(34(33)52-54(9,10)39(4,5)6)42-22-21-32(45)43(37(42)47)27-48-25-28-17-13-11-14-18-28/h11-23,33-35H,24-27H2,1-10H3,(H,40,44)(H,41,46)/b30-23-/t33-,34-,35-/m1/s1. The molecule has 1 aliphatic rings. The van der Waals surface area contributed by atoms with Gasteiger partial charge in [-0.05, 0) is 47.4 Å². The Morgan fingerprint density at radius 1 is 0.815 bits per heavy atom. The summed E-state index contributed by atoms with van der Waals surface area (Å²) >= 11 is 0. The predicted molar refractivity (Wildman–Crippen MR) is 211 cm³/mol. The SMILES string of the molecule is CC(C)(C)[Si](C)(C)O[C@@H]1[C@H](O[Si](C)(C)C(C)(C)C)/C(=C/NC(=O)CNC(=O)OCc2ccccc2)O[C@H]1n1ccc(=O)n(COCc2ccccc2)c1=O. The van der Waals surface area contributed by atoms with E-state index in [0.29, 0.717) is 0 Å². The van der Waals surface area contributed by atoms with Gasteiger partial charge in [-0.1, -0.05) is 102 Å². The quantitative estimate of drug-likeness (QED) is 0.178. The summed E-state index contributed by atoms with van der Waals surface area (Å²) in [6.07, 6.45) is -0.720. The van der Waals surface area contributed by atoms with Gasteiger partial charge in [-0.3, -0.25) is 14.2 Å². The molecule has 1 saturated heterocycles. The second-order valence-electron chi connectivity index (χ2n) is 16.4. The van der Waals surface area contributed by atoms with Crippen molar-refractivity contribution in [2.45, 2.75) is 116 Å². The minimum atomic E-state index is -2.57. The van der Waals surface area contributed by atoms with Gasteiger partial charge in [-0.2, -0.15) is 0 Å². The lowest BCUT2D eigenvalue weighted by molar-refractivity contribution is -0.119. The van der Waals surface area contributed by atoms with E-state index in [4.69, 9.17) is 23.1 Å². The number of carbonyl (C=O) groups is 2. The molecule has 294 valence electrons. The van der Waals surface area contributed by atoms with Gasteiger partial charge in [0.05, 0.1) is 6.61 Å². The van der Waals surface area contributed by atoms with Crippen LogP contribution in [0.2, 0.25) is 36.3 Å². The van der Waals surface area contributed by atoms with E-state index >= 15 is 0 Å². The van der Waals surface area contributed by atoms with Gasteiger partial charge >= 0.3 is 11.8 Å². The van der Waals surface area contributed by atoms with Crippen LogP contribution in [0.4, 0.5) is 4.79 Å². The maximum Gasteiger partial charge on any atom is 0.407 e. The number of benzene rings is 2. The van der Waals surface area contributed by atoms with Crippen LogP contribution in [-0.4, -0.2) is 56.5 Å². The van der Waals surface area contributed by atoms with E-state index in [9.17, 15) is 19.2 Å². The van der Waals surface area contributed by atoms with E-state index in [1.54, 1.807) is 0 Å². The predicted octanol–water partition coefficient (Wildman–Crippen LogP) is 6.38. The highest BCUT2D eigenvalue weighted by molar-refractivity contribution is 6.74. The lowest BCUT2D eigenvalue weighted by Crippen LogP contribution is -2.53. The van der Waals surface area contributed by atoms with Crippen LogP contribution < -0.4 is 21.9 Å².